The third-order valence-corrected chi connectivity index (χ3v) is 6.91. The normalized spacial score (nSPS) is 12.2. The molecule has 0 saturated carbocycles. The Bertz CT molecular complexity index is 1350. The van der Waals surface area contributed by atoms with Gasteiger partial charge in [0.1, 0.15) is 6.54 Å². The first-order valence-electron chi connectivity index (χ1n) is 9.09. The third kappa shape index (κ3) is 5.08. The van der Waals surface area contributed by atoms with Gasteiger partial charge in [-0.2, -0.15) is 13.2 Å². The van der Waals surface area contributed by atoms with Crippen molar-refractivity contribution < 1.29 is 26.4 Å². The zero-order valence-electron chi connectivity index (χ0n) is 16.7. The summed E-state index contributed by atoms with van der Waals surface area (Å²) in [6.07, 6.45) is -4.02. The van der Waals surface area contributed by atoms with Crippen molar-refractivity contribution in [3.63, 3.8) is 0 Å². The molecule has 3 rings (SSSR count). The van der Waals surface area contributed by atoms with E-state index in [9.17, 15) is 31.2 Å². The molecule has 1 amide bonds. The maximum atomic E-state index is 13.2. The van der Waals surface area contributed by atoms with Gasteiger partial charge in [-0.1, -0.05) is 22.9 Å². The summed E-state index contributed by atoms with van der Waals surface area (Å²) in [6.45, 7) is 1.54. The van der Waals surface area contributed by atoms with Crippen molar-refractivity contribution in [3.8, 4) is 0 Å². The monoisotopic (exact) mass is 507 g/mol. The lowest BCUT2D eigenvalue weighted by Crippen LogP contribution is -2.37. The Kier molecular flexibility index (Phi) is 6.59. The molecule has 0 radical (unpaired) electrons. The zero-order chi connectivity index (χ0) is 23.8. The molecule has 7 nitrogen and oxygen atoms in total. The number of aromatic nitrogens is 1. The Labute approximate surface area is 190 Å². The van der Waals surface area contributed by atoms with Crippen LogP contribution in [0.2, 0.25) is 5.02 Å². The number of nitrogens with zero attached hydrogens (tertiary/aromatic N) is 2. The summed E-state index contributed by atoms with van der Waals surface area (Å²) >= 11 is 6.59. The SMILES string of the molecule is CCn1c(=O)sc2cc(NC(=O)CN(c3ccc(Cl)c(C(F)(F)F)c3)S(C)(=O)=O)ccc21. The van der Waals surface area contributed by atoms with Crippen molar-refractivity contribution in [1.29, 1.82) is 0 Å². The van der Waals surface area contributed by atoms with E-state index in [0.29, 0.717) is 32.8 Å². The van der Waals surface area contributed by atoms with Crippen LogP contribution in [0, 0.1) is 0 Å². The first-order chi connectivity index (χ1) is 14.8. The quantitative estimate of drug-likeness (QED) is 0.542. The molecule has 1 N–H and O–H groups in total. The highest BCUT2D eigenvalue weighted by Crippen LogP contribution is 2.37. The number of amides is 1. The van der Waals surface area contributed by atoms with Crippen molar-refractivity contribution in [1.82, 2.24) is 4.57 Å². The fraction of sp³-hybridized carbons (Fsp3) is 0.263. The lowest BCUT2D eigenvalue weighted by Gasteiger charge is -2.23. The Hall–Kier alpha value is -2.57. The van der Waals surface area contributed by atoms with Crippen LogP contribution in [0.5, 0.6) is 0 Å². The third-order valence-electron chi connectivity index (χ3n) is 4.50. The van der Waals surface area contributed by atoms with E-state index >= 15 is 0 Å². The molecule has 0 aliphatic heterocycles. The van der Waals surface area contributed by atoms with Crippen molar-refractivity contribution in [2.24, 2.45) is 0 Å². The predicted octanol–water partition coefficient (Wildman–Crippen LogP) is 4.16. The van der Waals surface area contributed by atoms with Crippen LogP contribution in [0.15, 0.2) is 41.2 Å². The number of hydrogen-bond acceptors (Lipinski definition) is 5. The lowest BCUT2D eigenvalue weighted by atomic mass is 10.2. The molecule has 0 unspecified atom stereocenters. The number of fused-ring (bicyclic) bond motifs is 1. The Balaban J connectivity index is 1.88. The molecule has 0 aliphatic carbocycles. The number of halogens is 4. The van der Waals surface area contributed by atoms with Gasteiger partial charge in [-0.05, 0) is 43.3 Å². The van der Waals surface area contributed by atoms with Gasteiger partial charge in [0, 0.05) is 12.2 Å². The van der Waals surface area contributed by atoms with Gasteiger partial charge in [0.15, 0.2) is 0 Å². The average Bonchev–Trinajstić information content (AvgIpc) is 2.99. The number of carbonyl (C=O) groups is 1. The second-order valence-electron chi connectivity index (χ2n) is 6.77. The van der Waals surface area contributed by atoms with Crippen LogP contribution < -0.4 is 14.5 Å². The summed E-state index contributed by atoms with van der Waals surface area (Å²) in [4.78, 5) is 24.3. The number of sulfonamides is 1. The molecule has 0 bridgehead atoms. The second kappa shape index (κ2) is 8.75. The standard InChI is InChI=1S/C19H17ClF3N3O4S2/c1-3-25-15-7-4-11(8-16(15)31-18(25)28)24-17(27)10-26(32(2,29)30)12-5-6-14(20)13(9-12)19(21,22)23/h4-9H,3,10H2,1-2H3,(H,24,27). The predicted molar refractivity (Wildman–Crippen MR) is 119 cm³/mol. The molecule has 0 saturated heterocycles. The molecular weight excluding hydrogens is 491 g/mol. The number of benzene rings is 2. The van der Waals surface area contributed by atoms with Crippen molar-refractivity contribution in [2.45, 2.75) is 19.6 Å². The Morgan fingerprint density at radius 2 is 1.91 bits per heavy atom. The first-order valence-corrected chi connectivity index (χ1v) is 12.1. The van der Waals surface area contributed by atoms with E-state index in [0.717, 1.165) is 29.7 Å². The van der Waals surface area contributed by atoms with Crippen molar-refractivity contribution in [2.75, 3.05) is 22.4 Å². The number of thiazole rings is 1. The largest absolute Gasteiger partial charge is 0.417 e. The summed E-state index contributed by atoms with van der Waals surface area (Å²) in [7, 11) is -4.10. The number of anilines is 2. The average molecular weight is 508 g/mol. The molecule has 0 atom stereocenters. The highest BCUT2D eigenvalue weighted by molar-refractivity contribution is 7.92. The topological polar surface area (TPSA) is 88.5 Å². The van der Waals surface area contributed by atoms with Crippen LogP contribution in [0.25, 0.3) is 10.2 Å². The molecule has 1 aromatic heterocycles. The van der Waals surface area contributed by atoms with Gasteiger partial charge >= 0.3 is 11.0 Å². The number of alkyl halides is 3. The van der Waals surface area contributed by atoms with E-state index in [1.807, 2.05) is 6.92 Å². The first kappa shape index (κ1) is 24.1. The molecule has 32 heavy (non-hydrogen) atoms. The fourth-order valence-corrected chi connectivity index (χ4v) is 5.13. The maximum absolute atomic E-state index is 13.2. The van der Waals surface area contributed by atoms with E-state index in [2.05, 4.69) is 5.32 Å². The number of carbonyl (C=O) groups excluding carboxylic acids is 1. The minimum Gasteiger partial charge on any atom is -0.324 e. The van der Waals surface area contributed by atoms with Crippen molar-refractivity contribution >= 4 is 60.5 Å². The molecule has 0 spiro atoms. The number of rotatable bonds is 6. The molecule has 13 heteroatoms. The van der Waals surface area contributed by atoms with E-state index in [1.165, 1.54) is 0 Å². The molecule has 0 fully saturated rings. The second-order valence-corrected chi connectivity index (χ2v) is 10.1. The number of hydrogen-bond donors (Lipinski definition) is 1. The van der Waals surface area contributed by atoms with Gasteiger partial charge in [0.2, 0.25) is 15.9 Å². The molecule has 172 valence electrons. The van der Waals surface area contributed by atoms with E-state index < -0.39 is 39.2 Å². The Morgan fingerprint density at radius 3 is 2.50 bits per heavy atom. The molecule has 3 aromatic rings. The highest BCUT2D eigenvalue weighted by Gasteiger charge is 2.34. The molecular formula is C19H17ClF3N3O4S2. The lowest BCUT2D eigenvalue weighted by molar-refractivity contribution is -0.137. The summed E-state index contributed by atoms with van der Waals surface area (Å²) in [6, 6.07) is 7.35. The summed E-state index contributed by atoms with van der Waals surface area (Å²) in [5, 5.41) is 1.92. The van der Waals surface area contributed by atoms with Crippen LogP contribution >= 0.6 is 22.9 Å². The van der Waals surface area contributed by atoms with Gasteiger partial charge in [-0.25, -0.2) is 8.42 Å². The van der Waals surface area contributed by atoms with Crippen molar-refractivity contribution in [3.05, 3.63) is 56.7 Å². The zero-order valence-corrected chi connectivity index (χ0v) is 19.1. The summed E-state index contributed by atoms with van der Waals surface area (Å²) < 4.78 is 66.7. The van der Waals surface area contributed by atoms with E-state index in [-0.39, 0.29) is 10.6 Å². The fourth-order valence-electron chi connectivity index (χ4n) is 3.06. The van der Waals surface area contributed by atoms with Gasteiger partial charge in [0.05, 0.1) is 32.7 Å². The highest BCUT2D eigenvalue weighted by atomic mass is 35.5. The molecule has 0 aliphatic rings. The minimum absolute atomic E-state index is 0.155. The van der Waals surface area contributed by atoms with Gasteiger partial charge in [-0.15, -0.1) is 0 Å². The van der Waals surface area contributed by atoms with Gasteiger partial charge < -0.3 is 5.32 Å². The van der Waals surface area contributed by atoms with Gasteiger partial charge in [-0.3, -0.25) is 18.5 Å². The van der Waals surface area contributed by atoms with Crippen LogP contribution in [0.1, 0.15) is 12.5 Å². The summed E-state index contributed by atoms with van der Waals surface area (Å²) in [5.41, 5.74) is -0.564. The Morgan fingerprint density at radius 1 is 1.22 bits per heavy atom. The summed E-state index contributed by atoms with van der Waals surface area (Å²) in [5.74, 6) is -0.777. The van der Waals surface area contributed by atoms with Crippen LogP contribution in [0.3, 0.4) is 0 Å². The van der Waals surface area contributed by atoms with Crippen LogP contribution in [0.4, 0.5) is 24.5 Å². The molecule has 1 heterocycles. The van der Waals surface area contributed by atoms with Crippen LogP contribution in [-0.2, 0) is 27.5 Å². The smallest absolute Gasteiger partial charge is 0.324 e. The maximum Gasteiger partial charge on any atom is 0.417 e. The minimum atomic E-state index is -4.80. The van der Waals surface area contributed by atoms with Crippen LogP contribution in [-0.4, -0.2) is 31.7 Å². The van der Waals surface area contributed by atoms with Gasteiger partial charge in [0.25, 0.3) is 0 Å². The molecule has 2 aromatic carbocycles. The van der Waals surface area contributed by atoms with E-state index in [4.69, 9.17) is 11.6 Å². The van der Waals surface area contributed by atoms with E-state index in [1.54, 1.807) is 22.8 Å². The number of aryl methyl sites for hydroxylation is 1. The number of nitrogens with one attached hydrogen (secondary N) is 1.